The molecule has 0 atom stereocenters. The summed E-state index contributed by atoms with van der Waals surface area (Å²) >= 11 is 0. The summed E-state index contributed by atoms with van der Waals surface area (Å²) in [4.78, 5) is 2.71. The van der Waals surface area contributed by atoms with E-state index in [4.69, 9.17) is 5.53 Å². The van der Waals surface area contributed by atoms with E-state index < -0.39 is 0 Å². The van der Waals surface area contributed by atoms with Gasteiger partial charge in [0.1, 0.15) is 5.75 Å². The Morgan fingerprint density at radius 1 is 1.36 bits per heavy atom. The third-order valence-corrected chi connectivity index (χ3v) is 2.38. The summed E-state index contributed by atoms with van der Waals surface area (Å²) in [5, 5.41) is 13.2. The minimum absolute atomic E-state index is 0.290. The van der Waals surface area contributed by atoms with E-state index in [0.717, 1.165) is 22.3 Å². The van der Waals surface area contributed by atoms with Crippen molar-refractivity contribution in [3.8, 4) is 5.75 Å². The molecule has 0 bridgehead atoms. The van der Waals surface area contributed by atoms with Crippen molar-refractivity contribution >= 4 is 0 Å². The van der Waals surface area contributed by atoms with Gasteiger partial charge in [-0.15, -0.1) is 0 Å². The first kappa shape index (κ1) is 10.4. The number of phenols is 1. The van der Waals surface area contributed by atoms with Crippen molar-refractivity contribution < 1.29 is 5.11 Å². The first-order valence-electron chi connectivity index (χ1n) is 4.37. The first-order valence-corrected chi connectivity index (χ1v) is 4.37. The Kier molecular flexibility index (Phi) is 2.99. The van der Waals surface area contributed by atoms with Crippen LogP contribution in [0.1, 0.15) is 22.3 Å². The molecule has 1 aromatic carbocycles. The van der Waals surface area contributed by atoms with Gasteiger partial charge in [-0.3, -0.25) is 0 Å². The standard InChI is InChI=1S/C10H13N3O/c1-6-4-7(2)10(14)8(3)9(6)5-12-13-11/h4,14H,5H2,1-3H3. The van der Waals surface area contributed by atoms with E-state index in [1.807, 2.05) is 26.8 Å². The Bertz CT molecular complexity index is 406. The van der Waals surface area contributed by atoms with Crippen LogP contribution in [0, 0.1) is 20.8 Å². The summed E-state index contributed by atoms with van der Waals surface area (Å²) in [6.07, 6.45) is 0. The maximum atomic E-state index is 9.68. The average Bonchev–Trinajstić information content (AvgIpc) is 2.14. The highest BCUT2D eigenvalue weighted by molar-refractivity contribution is 5.48. The lowest BCUT2D eigenvalue weighted by Crippen LogP contribution is -1.94. The van der Waals surface area contributed by atoms with Gasteiger partial charge in [-0.05, 0) is 48.6 Å². The number of rotatable bonds is 2. The number of hydrogen-bond acceptors (Lipinski definition) is 2. The number of phenolic OH excluding ortho intramolecular Hbond substituents is 1. The number of benzene rings is 1. The minimum Gasteiger partial charge on any atom is -0.507 e. The average molecular weight is 191 g/mol. The maximum Gasteiger partial charge on any atom is 0.121 e. The van der Waals surface area contributed by atoms with Crippen molar-refractivity contribution in [2.24, 2.45) is 5.11 Å². The molecular weight excluding hydrogens is 178 g/mol. The van der Waals surface area contributed by atoms with Crippen LogP contribution < -0.4 is 0 Å². The lowest BCUT2D eigenvalue weighted by Gasteiger charge is -2.11. The molecule has 0 aromatic heterocycles. The zero-order chi connectivity index (χ0) is 10.7. The van der Waals surface area contributed by atoms with Crippen LogP contribution in [0.5, 0.6) is 5.75 Å². The summed E-state index contributed by atoms with van der Waals surface area (Å²) in [6.45, 7) is 5.92. The molecule has 0 saturated heterocycles. The van der Waals surface area contributed by atoms with Crippen LogP contribution in [0.2, 0.25) is 0 Å². The molecule has 14 heavy (non-hydrogen) atoms. The summed E-state index contributed by atoms with van der Waals surface area (Å²) in [5.41, 5.74) is 11.8. The highest BCUT2D eigenvalue weighted by Crippen LogP contribution is 2.28. The fraction of sp³-hybridized carbons (Fsp3) is 0.400. The molecule has 1 N–H and O–H groups in total. The minimum atomic E-state index is 0.290. The van der Waals surface area contributed by atoms with Gasteiger partial charge in [-0.1, -0.05) is 11.2 Å². The number of azide groups is 1. The predicted molar refractivity (Wildman–Crippen MR) is 55.2 cm³/mol. The van der Waals surface area contributed by atoms with E-state index in [1.165, 1.54) is 0 Å². The molecule has 0 heterocycles. The van der Waals surface area contributed by atoms with Crippen LogP contribution >= 0.6 is 0 Å². The molecule has 1 aromatic rings. The molecule has 4 nitrogen and oxygen atoms in total. The van der Waals surface area contributed by atoms with Crippen LogP contribution in [0.15, 0.2) is 11.2 Å². The van der Waals surface area contributed by atoms with Crippen molar-refractivity contribution in [1.29, 1.82) is 0 Å². The van der Waals surface area contributed by atoms with Crippen LogP contribution in [0.4, 0.5) is 0 Å². The Hall–Kier alpha value is -1.67. The van der Waals surface area contributed by atoms with E-state index in [0.29, 0.717) is 12.3 Å². The molecule has 0 amide bonds. The van der Waals surface area contributed by atoms with Crippen molar-refractivity contribution in [3.63, 3.8) is 0 Å². The largest absolute Gasteiger partial charge is 0.507 e. The molecule has 0 saturated carbocycles. The number of nitrogens with zero attached hydrogens (tertiary/aromatic N) is 3. The number of aromatic hydroxyl groups is 1. The highest BCUT2D eigenvalue weighted by atomic mass is 16.3. The third-order valence-electron chi connectivity index (χ3n) is 2.38. The van der Waals surface area contributed by atoms with Crippen LogP contribution in [0.3, 0.4) is 0 Å². The van der Waals surface area contributed by atoms with Crippen molar-refractivity contribution in [2.45, 2.75) is 27.3 Å². The Morgan fingerprint density at radius 2 is 2.00 bits per heavy atom. The zero-order valence-corrected chi connectivity index (χ0v) is 8.57. The Balaban J connectivity index is 3.28. The second-order valence-corrected chi connectivity index (χ2v) is 3.35. The van der Waals surface area contributed by atoms with E-state index >= 15 is 0 Å². The van der Waals surface area contributed by atoms with Gasteiger partial charge < -0.3 is 5.11 Å². The van der Waals surface area contributed by atoms with Crippen LogP contribution in [0.25, 0.3) is 10.4 Å². The lowest BCUT2D eigenvalue weighted by molar-refractivity contribution is 0.465. The topological polar surface area (TPSA) is 69.0 Å². The Morgan fingerprint density at radius 3 is 2.57 bits per heavy atom. The van der Waals surface area contributed by atoms with Crippen molar-refractivity contribution in [1.82, 2.24) is 0 Å². The SMILES string of the molecule is Cc1cc(C)c(CN=[N+]=[N-])c(C)c1O. The molecule has 0 aliphatic rings. The maximum absolute atomic E-state index is 9.68. The summed E-state index contributed by atoms with van der Waals surface area (Å²) in [5.74, 6) is 0.290. The molecule has 0 aliphatic heterocycles. The van der Waals surface area contributed by atoms with Crippen LogP contribution in [-0.2, 0) is 6.54 Å². The van der Waals surface area contributed by atoms with Gasteiger partial charge >= 0.3 is 0 Å². The molecule has 1 rings (SSSR count). The van der Waals surface area contributed by atoms with Crippen molar-refractivity contribution in [3.05, 3.63) is 38.8 Å². The van der Waals surface area contributed by atoms with Crippen LogP contribution in [-0.4, -0.2) is 5.11 Å². The fourth-order valence-electron chi connectivity index (χ4n) is 1.56. The molecule has 74 valence electrons. The van der Waals surface area contributed by atoms with E-state index in [9.17, 15) is 5.11 Å². The van der Waals surface area contributed by atoms with Gasteiger partial charge in [0.25, 0.3) is 0 Å². The molecule has 4 heteroatoms. The van der Waals surface area contributed by atoms with Gasteiger partial charge in [0.2, 0.25) is 0 Å². The molecule has 0 aliphatic carbocycles. The Labute approximate surface area is 82.8 Å². The van der Waals surface area contributed by atoms with Gasteiger partial charge in [-0.2, -0.15) is 0 Å². The zero-order valence-electron chi connectivity index (χ0n) is 8.57. The van der Waals surface area contributed by atoms with Crippen molar-refractivity contribution in [2.75, 3.05) is 0 Å². The lowest BCUT2D eigenvalue weighted by atomic mass is 9.98. The van der Waals surface area contributed by atoms with E-state index in [1.54, 1.807) is 0 Å². The highest BCUT2D eigenvalue weighted by Gasteiger charge is 2.08. The number of hydrogen-bond donors (Lipinski definition) is 1. The third kappa shape index (κ3) is 1.80. The fourth-order valence-corrected chi connectivity index (χ4v) is 1.56. The molecule has 0 unspecified atom stereocenters. The number of aryl methyl sites for hydroxylation is 2. The molecule has 0 radical (unpaired) electrons. The monoisotopic (exact) mass is 191 g/mol. The smallest absolute Gasteiger partial charge is 0.121 e. The second kappa shape index (κ2) is 4.03. The second-order valence-electron chi connectivity index (χ2n) is 3.35. The van der Waals surface area contributed by atoms with Gasteiger partial charge in [-0.25, -0.2) is 0 Å². The molecular formula is C10H13N3O. The van der Waals surface area contributed by atoms with Gasteiger partial charge in [0.15, 0.2) is 0 Å². The molecule has 0 fully saturated rings. The molecule has 0 spiro atoms. The first-order chi connectivity index (χ1) is 6.57. The quantitative estimate of drug-likeness (QED) is 0.435. The predicted octanol–water partition coefficient (Wildman–Crippen LogP) is 3.13. The van der Waals surface area contributed by atoms with Gasteiger partial charge in [0.05, 0.1) is 6.54 Å². The van der Waals surface area contributed by atoms with E-state index in [-0.39, 0.29) is 0 Å². The summed E-state index contributed by atoms with van der Waals surface area (Å²) in [7, 11) is 0. The van der Waals surface area contributed by atoms with E-state index in [2.05, 4.69) is 10.0 Å². The summed E-state index contributed by atoms with van der Waals surface area (Å²) < 4.78 is 0. The van der Waals surface area contributed by atoms with Gasteiger partial charge in [0, 0.05) is 4.91 Å². The summed E-state index contributed by atoms with van der Waals surface area (Å²) in [6, 6.07) is 1.89. The normalized spacial score (nSPS) is 9.64.